The highest BCUT2D eigenvalue weighted by atomic mass is 32.2. The highest BCUT2D eigenvalue weighted by Crippen LogP contribution is 2.52. The number of benzene rings is 1. The molecule has 0 aliphatic carbocycles. The fraction of sp³-hybridized carbons (Fsp3) is 0.593. The minimum atomic E-state index is -1.22. The Labute approximate surface area is 241 Å². The van der Waals surface area contributed by atoms with Crippen LogP contribution in [0.5, 0.6) is 0 Å². The molecule has 13 nitrogen and oxygen atoms in total. The number of aliphatic hydroxyl groups excluding tert-OH is 2. The number of nitro groups is 1. The van der Waals surface area contributed by atoms with Crippen LogP contribution in [0.4, 0.5) is 10.5 Å². The number of carboxylic acids is 1. The Morgan fingerprint density at radius 2 is 1.90 bits per heavy atom. The first-order valence-corrected chi connectivity index (χ1v) is 14.3. The highest BCUT2D eigenvalue weighted by molar-refractivity contribution is 8.03. The van der Waals surface area contributed by atoms with Crippen molar-refractivity contribution >= 4 is 35.4 Å². The number of aliphatic carboxylic acids is 1. The predicted octanol–water partition coefficient (Wildman–Crippen LogP) is 1.87. The molecule has 4 rings (SSSR count). The Morgan fingerprint density at radius 1 is 1.24 bits per heavy atom. The summed E-state index contributed by atoms with van der Waals surface area (Å²) in [6, 6.07) is 4.64. The first-order chi connectivity index (χ1) is 19.3. The fourth-order valence-electron chi connectivity index (χ4n) is 5.87. The van der Waals surface area contributed by atoms with Crippen LogP contribution in [-0.4, -0.2) is 110 Å². The number of carbonyl (C=O) groups is 3. The monoisotopic (exact) mass is 592 g/mol. The van der Waals surface area contributed by atoms with Crippen LogP contribution in [0.25, 0.3) is 0 Å². The molecule has 1 aromatic rings. The summed E-state index contributed by atoms with van der Waals surface area (Å²) < 4.78 is 5.52. The largest absolute Gasteiger partial charge is 0.477 e. The van der Waals surface area contributed by atoms with E-state index in [-0.39, 0.29) is 35.7 Å². The van der Waals surface area contributed by atoms with E-state index in [2.05, 4.69) is 0 Å². The van der Waals surface area contributed by atoms with E-state index >= 15 is 0 Å². The maximum Gasteiger partial charge on any atom is 0.410 e. The molecular weight excluding hydrogens is 556 g/mol. The van der Waals surface area contributed by atoms with Crippen LogP contribution in [0.3, 0.4) is 0 Å². The second-order valence-corrected chi connectivity index (χ2v) is 12.4. The molecule has 14 heteroatoms. The molecule has 2 amide bonds. The van der Waals surface area contributed by atoms with Crippen molar-refractivity contribution in [2.24, 2.45) is 11.8 Å². The van der Waals surface area contributed by atoms with Gasteiger partial charge in [0.15, 0.2) is 0 Å². The van der Waals surface area contributed by atoms with E-state index in [1.54, 1.807) is 0 Å². The number of amides is 2. The molecule has 3 aliphatic heterocycles. The van der Waals surface area contributed by atoms with E-state index < -0.39 is 53.1 Å². The van der Waals surface area contributed by atoms with Gasteiger partial charge in [-0.15, -0.1) is 11.8 Å². The molecule has 0 radical (unpaired) electrons. The predicted molar refractivity (Wildman–Crippen MR) is 149 cm³/mol. The molecule has 224 valence electrons. The molecule has 0 spiro atoms. The number of rotatable bonds is 11. The third-order valence-corrected chi connectivity index (χ3v) is 9.46. The minimum Gasteiger partial charge on any atom is -0.477 e. The molecule has 3 N–H and O–H groups in total. The standard InChI is InChI=1S/C27H36N4O9S/c1-14-22-21(15(2)32)25(34)30(22)23(26(35)36)24(14)41-18-11-19(20(33)9-10-28(3)4)29(12-18)27(37)40-13-16-5-7-17(8-6-16)31(38)39/h5-8,14-15,18-22,32-33H,9-13H2,1-4H3,(H,35,36)/t14-,15-,18+,19+,20-,21-,22-/m1/s1. The summed E-state index contributed by atoms with van der Waals surface area (Å²) in [5.41, 5.74) is 0.404. The Hall–Kier alpha value is -3.20. The van der Waals surface area contributed by atoms with Crippen molar-refractivity contribution in [2.75, 3.05) is 27.2 Å². The van der Waals surface area contributed by atoms with E-state index in [9.17, 15) is 39.8 Å². The molecule has 0 unspecified atom stereocenters. The van der Waals surface area contributed by atoms with Crippen LogP contribution >= 0.6 is 11.8 Å². The number of non-ortho nitro benzene ring substituents is 1. The maximum absolute atomic E-state index is 13.2. The fourth-order valence-corrected chi connectivity index (χ4v) is 7.41. The van der Waals surface area contributed by atoms with Gasteiger partial charge in [-0.25, -0.2) is 9.59 Å². The third kappa shape index (κ3) is 6.20. The first kappa shape index (κ1) is 30.8. The van der Waals surface area contributed by atoms with Gasteiger partial charge < -0.3 is 34.8 Å². The summed E-state index contributed by atoms with van der Waals surface area (Å²) in [5, 5.41) is 41.8. The molecule has 0 bridgehead atoms. The second-order valence-electron chi connectivity index (χ2n) is 11.1. The lowest BCUT2D eigenvalue weighted by Crippen LogP contribution is -2.63. The smallest absolute Gasteiger partial charge is 0.410 e. The molecule has 0 aromatic heterocycles. The van der Waals surface area contributed by atoms with E-state index in [4.69, 9.17) is 4.74 Å². The highest BCUT2D eigenvalue weighted by Gasteiger charge is 2.60. The topological polar surface area (TPSA) is 174 Å². The van der Waals surface area contributed by atoms with Crippen LogP contribution in [0.15, 0.2) is 34.9 Å². The number of nitro benzene ring substituents is 1. The number of β-lactam (4-membered cyclic amide) rings is 1. The van der Waals surface area contributed by atoms with Crippen LogP contribution in [0.1, 0.15) is 32.3 Å². The van der Waals surface area contributed by atoms with Gasteiger partial charge in [0.2, 0.25) is 5.91 Å². The lowest BCUT2D eigenvalue weighted by atomic mass is 9.79. The normalized spacial score (nSPS) is 27.1. The lowest BCUT2D eigenvalue weighted by Gasteiger charge is -2.46. The molecule has 2 saturated heterocycles. The number of ether oxygens (including phenoxy) is 1. The molecular formula is C27H36N4O9S. The van der Waals surface area contributed by atoms with Crippen LogP contribution in [-0.2, 0) is 20.9 Å². The second kappa shape index (κ2) is 12.3. The molecule has 0 saturated carbocycles. The van der Waals surface area contributed by atoms with Crippen LogP contribution in [0, 0.1) is 22.0 Å². The number of aliphatic hydroxyl groups is 2. The van der Waals surface area contributed by atoms with E-state index in [1.807, 2.05) is 25.9 Å². The van der Waals surface area contributed by atoms with Crippen LogP contribution in [0.2, 0.25) is 0 Å². The average molecular weight is 593 g/mol. The number of nitrogens with zero attached hydrogens (tertiary/aromatic N) is 4. The average Bonchev–Trinajstić information content (AvgIpc) is 3.43. The molecule has 41 heavy (non-hydrogen) atoms. The Balaban J connectivity index is 1.50. The zero-order chi connectivity index (χ0) is 30.2. The molecule has 3 heterocycles. The van der Waals surface area contributed by atoms with Gasteiger partial charge in [0, 0.05) is 41.3 Å². The Morgan fingerprint density at radius 3 is 2.46 bits per heavy atom. The number of likely N-dealkylation sites (tertiary alicyclic amines) is 1. The van der Waals surface area contributed by atoms with E-state index in [0.717, 1.165) is 0 Å². The van der Waals surface area contributed by atoms with Gasteiger partial charge in [-0.3, -0.25) is 14.9 Å². The molecule has 2 fully saturated rings. The van der Waals surface area contributed by atoms with Crippen molar-refractivity contribution in [1.29, 1.82) is 0 Å². The van der Waals surface area contributed by atoms with Crippen molar-refractivity contribution in [1.82, 2.24) is 14.7 Å². The number of thioether (sulfide) groups is 1. The van der Waals surface area contributed by atoms with E-state index in [1.165, 1.54) is 52.8 Å². The number of hydrogen-bond acceptors (Lipinski definition) is 10. The summed E-state index contributed by atoms with van der Waals surface area (Å²) in [6.07, 6.45) is -1.63. The maximum atomic E-state index is 13.2. The molecule has 1 aromatic carbocycles. The van der Waals surface area contributed by atoms with Gasteiger partial charge in [0.25, 0.3) is 5.69 Å². The zero-order valence-corrected chi connectivity index (χ0v) is 24.2. The van der Waals surface area contributed by atoms with Gasteiger partial charge in [-0.2, -0.15) is 0 Å². The molecule has 3 aliphatic rings. The lowest BCUT2D eigenvalue weighted by molar-refractivity contribution is -0.384. The summed E-state index contributed by atoms with van der Waals surface area (Å²) >= 11 is 1.30. The summed E-state index contributed by atoms with van der Waals surface area (Å²) in [6.45, 7) is 4.03. The van der Waals surface area contributed by atoms with Gasteiger partial charge in [0.05, 0.1) is 35.1 Å². The van der Waals surface area contributed by atoms with Crippen molar-refractivity contribution in [2.45, 2.75) is 62.8 Å². The Kier molecular flexibility index (Phi) is 9.26. The summed E-state index contributed by atoms with van der Waals surface area (Å²) in [4.78, 5) is 53.7. The SMILES string of the molecule is C[C@@H](O)[C@H]1C(=O)N2C(C(=O)O)=C(S[C@H]3C[C@@H]([C@H](O)CCN(C)C)N(C(=O)OCc4ccc([N+](=O)[O-])cc4)C3)[C@H](C)[C@H]12. The number of hydrogen-bond donors (Lipinski definition) is 3. The van der Waals surface area contributed by atoms with Crippen molar-refractivity contribution in [3.05, 3.63) is 50.5 Å². The quantitative estimate of drug-likeness (QED) is 0.194. The van der Waals surface area contributed by atoms with Gasteiger partial charge in [-0.05, 0) is 51.6 Å². The summed E-state index contributed by atoms with van der Waals surface area (Å²) in [7, 11) is 3.76. The minimum absolute atomic E-state index is 0.0778. The zero-order valence-electron chi connectivity index (χ0n) is 23.4. The van der Waals surface area contributed by atoms with Crippen molar-refractivity contribution < 1.29 is 39.4 Å². The third-order valence-electron chi connectivity index (χ3n) is 7.97. The van der Waals surface area contributed by atoms with Gasteiger partial charge in [-0.1, -0.05) is 6.92 Å². The molecule has 7 atom stereocenters. The number of carbonyl (C=O) groups excluding carboxylic acids is 2. The van der Waals surface area contributed by atoms with Crippen molar-refractivity contribution in [3.63, 3.8) is 0 Å². The van der Waals surface area contributed by atoms with Crippen molar-refractivity contribution in [3.8, 4) is 0 Å². The van der Waals surface area contributed by atoms with Gasteiger partial charge >= 0.3 is 12.1 Å². The number of fused-ring (bicyclic) bond motifs is 1. The van der Waals surface area contributed by atoms with Gasteiger partial charge in [0.1, 0.15) is 12.3 Å². The first-order valence-electron chi connectivity index (χ1n) is 13.5. The van der Waals surface area contributed by atoms with E-state index in [0.29, 0.717) is 29.9 Å². The Bertz CT molecular complexity index is 1220. The summed E-state index contributed by atoms with van der Waals surface area (Å²) in [5.74, 6) is -2.62. The number of carboxylic acid groups (broad SMARTS) is 1. The van der Waals surface area contributed by atoms with Crippen LogP contribution < -0.4 is 0 Å².